The topological polar surface area (TPSA) is 55.7 Å². The molecule has 3 aromatic carbocycles. The van der Waals surface area contributed by atoms with Crippen LogP contribution in [0.15, 0.2) is 89.3 Å². The molecule has 0 saturated carbocycles. The highest BCUT2D eigenvalue weighted by Crippen LogP contribution is 2.26. The van der Waals surface area contributed by atoms with E-state index in [1.807, 2.05) is 60.0 Å². The quantitative estimate of drug-likeness (QED) is 0.230. The van der Waals surface area contributed by atoms with E-state index >= 15 is 0 Å². The first-order valence-electron chi connectivity index (χ1n) is 9.83. The number of nitrogens with zero attached hydrogens (tertiary/aromatic N) is 2. The second-order valence-corrected chi connectivity index (χ2v) is 7.64. The molecule has 0 saturated heterocycles. The molecule has 0 radical (unpaired) electrons. The van der Waals surface area contributed by atoms with Crippen molar-refractivity contribution in [3.8, 4) is 22.8 Å². The lowest BCUT2D eigenvalue weighted by molar-refractivity contribution is -0.274. The van der Waals surface area contributed by atoms with Crippen LogP contribution in [-0.2, 0) is 6.61 Å². The molecule has 0 unspecified atom stereocenters. The third-order valence-corrected chi connectivity index (χ3v) is 5.19. The average molecular weight is 469 g/mol. The van der Waals surface area contributed by atoms with Gasteiger partial charge in [0.1, 0.15) is 18.1 Å². The number of hydrazone groups is 1. The lowest BCUT2D eigenvalue weighted by Crippen LogP contribution is -2.16. The van der Waals surface area contributed by atoms with Crippen LogP contribution in [0.5, 0.6) is 11.5 Å². The van der Waals surface area contributed by atoms with Gasteiger partial charge in [0.05, 0.1) is 11.9 Å². The van der Waals surface area contributed by atoms with Crippen molar-refractivity contribution in [2.45, 2.75) is 13.0 Å². The normalized spacial score (nSPS) is 11.5. The van der Waals surface area contributed by atoms with Crippen molar-refractivity contribution < 1.29 is 22.6 Å². The molecular formula is C24H18F3N3O2S. The highest BCUT2D eigenvalue weighted by molar-refractivity contribution is 7.14. The van der Waals surface area contributed by atoms with Gasteiger partial charge in [-0.25, -0.2) is 4.98 Å². The molecule has 1 aromatic heterocycles. The Morgan fingerprint density at radius 1 is 0.909 bits per heavy atom. The summed E-state index contributed by atoms with van der Waals surface area (Å²) >= 11 is 1.45. The smallest absolute Gasteiger partial charge is 0.489 e. The Morgan fingerprint density at radius 2 is 1.61 bits per heavy atom. The Hall–Kier alpha value is -3.85. The van der Waals surface area contributed by atoms with Crippen LogP contribution in [-0.4, -0.2) is 17.6 Å². The van der Waals surface area contributed by atoms with Crippen molar-refractivity contribution in [3.63, 3.8) is 0 Å². The summed E-state index contributed by atoms with van der Waals surface area (Å²) in [5.74, 6) is 0.122. The summed E-state index contributed by atoms with van der Waals surface area (Å²) in [6, 6.07) is 22.7. The summed E-state index contributed by atoms with van der Waals surface area (Å²) in [6.45, 7) is 0.219. The van der Waals surface area contributed by atoms with E-state index in [1.165, 1.54) is 35.6 Å². The summed E-state index contributed by atoms with van der Waals surface area (Å²) in [4.78, 5) is 4.53. The summed E-state index contributed by atoms with van der Waals surface area (Å²) < 4.78 is 46.4. The van der Waals surface area contributed by atoms with Crippen molar-refractivity contribution in [2.24, 2.45) is 5.10 Å². The van der Waals surface area contributed by atoms with E-state index < -0.39 is 6.36 Å². The number of hydrogen-bond donors (Lipinski definition) is 1. The van der Waals surface area contributed by atoms with Crippen molar-refractivity contribution in [1.29, 1.82) is 0 Å². The van der Waals surface area contributed by atoms with E-state index in [1.54, 1.807) is 6.21 Å². The predicted octanol–water partition coefficient (Wildman–Crippen LogP) is 6.73. The highest BCUT2D eigenvalue weighted by Gasteiger charge is 2.30. The number of ether oxygens (including phenoxy) is 2. The van der Waals surface area contributed by atoms with E-state index in [4.69, 9.17) is 4.74 Å². The fourth-order valence-corrected chi connectivity index (χ4v) is 3.58. The van der Waals surface area contributed by atoms with E-state index in [0.717, 1.165) is 22.4 Å². The van der Waals surface area contributed by atoms with Gasteiger partial charge in [-0.1, -0.05) is 54.6 Å². The average Bonchev–Trinajstić information content (AvgIpc) is 3.28. The number of thiazole rings is 1. The Kier molecular flexibility index (Phi) is 6.89. The number of halogens is 3. The first-order chi connectivity index (χ1) is 16.0. The number of aromatic nitrogens is 1. The zero-order chi connectivity index (χ0) is 23.1. The van der Waals surface area contributed by atoms with Gasteiger partial charge in [-0.15, -0.1) is 24.5 Å². The van der Waals surface area contributed by atoms with Gasteiger partial charge in [-0.3, -0.25) is 5.43 Å². The maximum absolute atomic E-state index is 12.3. The van der Waals surface area contributed by atoms with Gasteiger partial charge < -0.3 is 9.47 Å². The first-order valence-corrected chi connectivity index (χ1v) is 10.7. The van der Waals surface area contributed by atoms with Crippen molar-refractivity contribution in [1.82, 2.24) is 4.98 Å². The Labute approximate surface area is 192 Å². The molecule has 4 rings (SSSR count). The third-order valence-electron chi connectivity index (χ3n) is 4.44. The van der Waals surface area contributed by atoms with Crippen LogP contribution in [0.4, 0.5) is 18.3 Å². The maximum atomic E-state index is 12.3. The van der Waals surface area contributed by atoms with Gasteiger partial charge in [0.2, 0.25) is 5.13 Å². The zero-order valence-electron chi connectivity index (χ0n) is 17.1. The molecule has 33 heavy (non-hydrogen) atoms. The van der Waals surface area contributed by atoms with Gasteiger partial charge in [0.15, 0.2) is 0 Å². The molecule has 0 aliphatic carbocycles. The van der Waals surface area contributed by atoms with Crippen LogP contribution in [0, 0.1) is 0 Å². The van der Waals surface area contributed by atoms with Gasteiger partial charge >= 0.3 is 6.36 Å². The van der Waals surface area contributed by atoms with Gasteiger partial charge in [-0.05, 0) is 29.8 Å². The van der Waals surface area contributed by atoms with Crippen molar-refractivity contribution in [3.05, 3.63) is 95.4 Å². The molecule has 168 valence electrons. The number of anilines is 1. The molecule has 9 heteroatoms. The monoisotopic (exact) mass is 469 g/mol. The minimum atomic E-state index is -4.73. The van der Waals surface area contributed by atoms with Crippen LogP contribution in [0.25, 0.3) is 11.3 Å². The van der Waals surface area contributed by atoms with Crippen LogP contribution in [0.2, 0.25) is 0 Å². The summed E-state index contributed by atoms with van der Waals surface area (Å²) in [7, 11) is 0. The Morgan fingerprint density at radius 3 is 2.36 bits per heavy atom. The van der Waals surface area contributed by atoms with E-state index in [9.17, 15) is 13.2 Å². The van der Waals surface area contributed by atoms with Crippen LogP contribution >= 0.6 is 11.3 Å². The van der Waals surface area contributed by atoms with Crippen molar-refractivity contribution >= 4 is 22.7 Å². The number of hydrogen-bond acceptors (Lipinski definition) is 6. The maximum Gasteiger partial charge on any atom is 0.573 e. The predicted molar refractivity (Wildman–Crippen MR) is 123 cm³/mol. The molecule has 0 atom stereocenters. The summed E-state index contributed by atoms with van der Waals surface area (Å²) in [5.41, 5.74) is 6.55. The minimum Gasteiger partial charge on any atom is -0.489 e. The molecule has 0 aliphatic heterocycles. The standard InChI is InChI=1S/C24H18F3N3O2S/c25-24(26,27)32-21-12-10-20(11-13-21)31-15-19-9-5-4-8-18(19)14-28-30-23-29-22(16-33-23)17-6-2-1-3-7-17/h1-14,16H,15H2,(H,29,30). The SMILES string of the molecule is FC(F)(F)Oc1ccc(OCc2ccccc2C=NNc2nc(-c3ccccc3)cs2)cc1. The first kappa shape index (κ1) is 22.3. The molecule has 0 bridgehead atoms. The number of benzene rings is 3. The van der Waals surface area contributed by atoms with Crippen LogP contribution < -0.4 is 14.9 Å². The van der Waals surface area contributed by atoms with Crippen LogP contribution in [0.3, 0.4) is 0 Å². The number of alkyl halides is 3. The van der Waals surface area contributed by atoms with E-state index in [2.05, 4.69) is 20.2 Å². The van der Waals surface area contributed by atoms with Gasteiger partial charge in [0, 0.05) is 16.5 Å². The molecule has 1 heterocycles. The second-order valence-electron chi connectivity index (χ2n) is 6.78. The lowest BCUT2D eigenvalue weighted by atomic mass is 10.1. The molecule has 5 nitrogen and oxygen atoms in total. The molecule has 0 fully saturated rings. The molecule has 0 amide bonds. The summed E-state index contributed by atoms with van der Waals surface area (Å²) in [5, 5.41) is 6.90. The molecule has 1 N–H and O–H groups in total. The zero-order valence-corrected chi connectivity index (χ0v) is 17.9. The largest absolute Gasteiger partial charge is 0.573 e. The molecular weight excluding hydrogens is 451 g/mol. The Bertz CT molecular complexity index is 1210. The molecule has 4 aromatic rings. The van der Waals surface area contributed by atoms with E-state index in [-0.39, 0.29) is 12.4 Å². The molecule has 0 aliphatic rings. The fraction of sp³-hybridized carbons (Fsp3) is 0.0833. The number of rotatable bonds is 8. The highest BCUT2D eigenvalue weighted by atomic mass is 32.1. The molecule has 0 spiro atoms. The van der Waals surface area contributed by atoms with Crippen molar-refractivity contribution in [2.75, 3.05) is 5.43 Å². The van der Waals surface area contributed by atoms with E-state index in [0.29, 0.717) is 10.9 Å². The Balaban J connectivity index is 1.36. The van der Waals surface area contributed by atoms with Gasteiger partial charge in [-0.2, -0.15) is 5.10 Å². The van der Waals surface area contributed by atoms with Crippen LogP contribution in [0.1, 0.15) is 11.1 Å². The second kappa shape index (κ2) is 10.2. The minimum absolute atomic E-state index is 0.219. The fourth-order valence-electron chi connectivity index (χ4n) is 2.91. The lowest BCUT2D eigenvalue weighted by Gasteiger charge is -2.11. The number of nitrogens with one attached hydrogen (secondary N) is 1. The van der Waals surface area contributed by atoms with Gasteiger partial charge in [0.25, 0.3) is 0 Å². The summed E-state index contributed by atoms with van der Waals surface area (Å²) in [6.07, 6.45) is -3.06. The third kappa shape index (κ3) is 6.56.